The van der Waals surface area contributed by atoms with Gasteiger partial charge in [0.2, 0.25) is 0 Å². The largest absolute Gasteiger partial charge is 0.350 e. The number of carbonyl (C=O) groups is 1. The highest BCUT2D eigenvalue weighted by molar-refractivity contribution is 7.90. The number of hydrogen-bond donors (Lipinski definition) is 2. The van der Waals surface area contributed by atoms with Crippen molar-refractivity contribution in [2.24, 2.45) is 4.40 Å². The third-order valence-corrected chi connectivity index (χ3v) is 6.84. The SMILES string of the molecule is Cc1nc2ccccc2n1CCNC(=O)c1ccc(NC2=NS(=O)(=O)c3ccccc32)cc1. The van der Waals surface area contributed by atoms with E-state index in [0.29, 0.717) is 29.9 Å². The zero-order valence-electron chi connectivity index (χ0n) is 17.8. The number of para-hydroxylation sites is 2. The standard InChI is InChI=1S/C24H21N5O3S/c1-16-26-20-7-3-4-8-21(20)29(16)15-14-25-24(30)17-10-12-18(13-11-17)27-23-19-6-2-5-9-22(19)33(31,32)28-23/h2-13H,14-15H2,1H3,(H,25,30)(H,27,28). The van der Waals surface area contributed by atoms with Crippen molar-refractivity contribution in [3.8, 4) is 0 Å². The molecule has 2 N–H and O–H groups in total. The summed E-state index contributed by atoms with van der Waals surface area (Å²) in [6.07, 6.45) is 0. The van der Waals surface area contributed by atoms with E-state index in [1.165, 1.54) is 6.07 Å². The Morgan fingerprint density at radius 1 is 0.970 bits per heavy atom. The lowest BCUT2D eigenvalue weighted by molar-refractivity contribution is 0.0952. The first-order chi connectivity index (χ1) is 15.9. The van der Waals surface area contributed by atoms with Gasteiger partial charge in [0, 0.05) is 29.9 Å². The van der Waals surface area contributed by atoms with Gasteiger partial charge in [-0.25, -0.2) is 4.98 Å². The molecule has 0 radical (unpaired) electrons. The predicted molar refractivity (Wildman–Crippen MR) is 127 cm³/mol. The molecule has 1 amide bonds. The zero-order chi connectivity index (χ0) is 23.0. The first-order valence-electron chi connectivity index (χ1n) is 10.4. The quantitative estimate of drug-likeness (QED) is 0.476. The van der Waals surface area contributed by atoms with Gasteiger partial charge in [-0.3, -0.25) is 4.79 Å². The Labute approximate surface area is 191 Å². The number of sulfonamides is 1. The van der Waals surface area contributed by atoms with E-state index in [1.807, 2.05) is 31.2 Å². The molecule has 0 aliphatic carbocycles. The number of nitrogens with one attached hydrogen (secondary N) is 2. The van der Waals surface area contributed by atoms with E-state index in [1.54, 1.807) is 42.5 Å². The lowest BCUT2D eigenvalue weighted by atomic mass is 10.1. The minimum absolute atomic E-state index is 0.185. The third-order valence-electron chi connectivity index (χ3n) is 5.51. The van der Waals surface area contributed by atoms with Gasteiger partial charge in [-0.05, 0) is 55.5 Å². The van der Waals surface area contributed by atoms with Crippen LogP contribution in [0.5, 0.6) is 0 Å². The van der Waals surface area contributed by atoms with Crippen molar-refractivity contribution in [2.75, 3.05) is 11.9 Å². The van der Waals surface area contributed by atoms with E-state index in [0.717, 1.165) is 16.9 Å². The van der Waals surface area contributed by atoms with E-state index >= 15 is 0 Å². The fourth-order valence-electron chi connectivity index (χ4n) is 3.90. The number of aryl methyl sites for hydroxylation is 1. The minimum atomic E-state index is -3.69. The van der Waals surface area contributed by atoms with Crippen molar-refractivity contribution in [1.29, 1.82) is 0 Å². The molecular weight excluding hydrogens is 438 g/mol. The van der Waals surface area contributed by atoms with Crippen LogP contribution in [0, 0.1) is 6.92 Å². The van der Waals surface area contributed by atoms with Crippen molar-refractivity contribution < 1.29 is 13.2 Å². The number of carbonyl (C=O) groups excluding carboxylic acids is 1. The average Bonchev–Trinajstić information content (AvgIpc) is 3.27. The maximum absolute atomic E-state index is 12.6. The van der Waals surface area contributed by atoms with Crippen LogP contribution in [0.25, 0.3) is 11.0 Å². The Balaban J connectivity index is 1.23. The molecule has 1 aliphatic rings. The molecule has 0 atom stereocenters. The van der Waals surface area contributed by atoms with Crippen LogP contribution in [-0.4, -0.2) is 36.3 Å². The topological polar surface area (TPSA) is 105 Å². The van der Waals surface area contributed by atoms with E-state index in [2.05, 4.69) is 24.6 Å². The van der Waals surface area contributed by atoms with Crippen LogP contribution >= 0.6 is 0 Å². The second-order valence-corrected chi connectivity index (χ2v) is 9.24. The molecule has 8 nitrogen and oxygen atoms in total. The maximum atomic E-state index is 12.6. The van der Waals surface area contributed by atoms with Crippen LogP contribution in [0.2, 0.25) is 0 Å². The maximum Gasteiger partial charge on any atom is 0.285 e. The van der Waals surface area contributed by atoms with Gasteiger partial charge in [0.25, 0.3) is 15.9 Å². The van der Waals surface area contributed by atoms with Crippen LogP contribution in [0.3, 0.4) is 0 Å². The van der Waals surface area contributed by atoms with Crippen LogP contribution in [-0.2, 0) is 16.6 Å². The molecule has 0 bridgehead atoms. The molecule has 0 spiro atoms. The van der Waals surface area contributed by atoms with Crippen LogP contribution in [0.1, 0.15) is 21.7 Å². The predicted octanol–water partition coefficient (Wildman–Crippen LogP) is 3.34. The lowest BCUT2D eigenvalue weighted by Crippen LogP contribution is -2.27. The zero-order valence-corrected chi connectivity index (χ0v) is 18.6. The van der Waals surface area contributed by atoms with Crippen LogP contribution < -0.4 is 10.6 Å². The van der Waals surface area contributed by atoms with E-state index in [4.69, 9.17) is 0 Å². The Morgan fingerprint density at radius 2 is 1.70 bits per heavy atom. The summed E-state index contributed by atoms with van der Waals surface area (Å²) >= 11 is 0. The van der Waals surface area contributed by atoms with Crippen LogP contribution in [0.4, 0.5) is 5.69 Å². The summed E-state index contributed by atoms with van der Waals surface area (Å²) in [5, 5.41) is 5.97. The Bertz CT molecular complexity index is 1500. The second kappa shape index (κ2) is 8.18. The number of nitrogens with zero attached hydrogens (tertiary/aromatic N) is 3. The van der Waals surface area contributed by atoms with Gasteiger partial charge in [-0.1, -0.05) is 24.3 Å². The summed E-state index contributed by atoms with van der Waals surface area (Å²) in [5.74, 6) is 0.986. The number of anilines is 1. The monoisotopic (exact) mass is 459 g/mol. The summed E-state index contributed by atoms with van der Waals surface area (Å²) in [4.78, 5) is 17.3. The molecule has 5 rings (SSSR count). The molecule has 0 saturated heterocycles. The van der Waals surface area contributed by atoms with Gasteiger partial charge >= 0.3 is 0 Å². The van der Waals surface area contributed by atoms with Gasteiger partial charge in [0.15, 0.2) is 5.84 Å². The van der Waals surface area contributed by atoms with E-state index < -0.39 is 10.0 Å². The summed E-state index contributed by atoms with van der Waals surface area (Å²) < 4.78 is 30.3. The number of rotatable bonds is 5. The fraction of sp³-hybridized carbons (Fsp3) is 0.125. The molecule has 2 heterocycles. The third kappa shape index (κ3) is 3.98. The van der Waals surface area contributed by atoms with Crippen molar-refractivity contribution in [3.63, 3.8) is 0 Å². The lowest BCUT2D eigenvalue weighted by Gasteiger charge is -2.10. The molecule has 0 fully saturated rings. The van der Waals surface area contributed by atoms with Gasteiger partial charge in [0.05, 0.1) is 11.0 Å². The summed E-state index contributed by atoms with van der Waals surface area (Å²) in [6, 6.07) is 21.4. The number of amides is 1. The van der Waals surface area contributed by atoms with Gasteiger partial charge in [-0.2, -0.15) is 8.42 Å². The smallest absolute Gasteiger partial charge is 0.285 e. The Kier molecular flexibility index (Phi) is 5.18. The second-order valence-electron chi connectivity index (χ2n) is 7.67. The number of benzene rings is 3. The molecular formula is C24H21N5O3S. The Hall–Kier alpha value is -3.98. The van der Waals surface area contributed by atoms with Gasteiger partial charge < -0.3 is 15.2 Å². The highest BCUT2D eigenvalue weighted by atomic mass is 32.2. The van der Waals surface area contributed by atoms with E-state index in [-0.39, 0.29) is 16.6 Å². The summed E-state index contributed by atoms with van der Waals surface area (Å²) in [7, 11) is -3.69. The van der Waals surface area contributed by atoms with Crippen molar-refractivity contribution in [1.82, 2.24) is 14.9 Å². The number of fused-ring (bicyclic) bond motifs is 2. The van der Waals surface area contributed by atoms with E-state index in [9.17, 15) is 13.2 Å². The first kappa shape index (κ1) is 20.9. The molecule has 0 saturated carbocycles. The molecule has 3 aromatic carbocycles. The summed E-state index contributed by atoms with van der Waals surface area (Å²) in [6.45, 7) is 3.03. The highest BCUT2D eigenvalue weighted by Crippen LogP contribution is 2.26. The molecule has 1 aliphatic heterocycles. The number of amidine groups is 1. The first-order valence-corrected chi connectivity index (χ1v) is 11.9. The molecule has 9 heteroatoms. The molecule has 1 aromatic heterocycles. The molecule has 33 heavy (non-hydrogen) atoms. The molecule has 4 aromatic rings. The number of hydrogen-bond acceptors (Lipinski definition) is 5. The van der Waals surface area contributed by atoms with Gasteiger partial charge in [0.1, 0.15) is 10.7 Å². The van der Waals surface area contributed by atoms with Crippen LogP contribution in [0.15, 0.2) is 82.1 Å². The van der Waals surface area contributed by atoms with Gasteiger partial charge in [-0.15, -0.1) is 4.40 Å². The molecule has 0 unspecified atom stereocenters. The fourth-order valence-corrected chi connectivity index (χ4v) is 5.07. The average molecular weight is 460 g/mol. The Morgan fingerprint density at radius 3 is 2.52 bits per heavy atom. The normalized spacial score (nSPS) is 14.0. The van der Waals surface area contributed by atoms with Crippen molar-refractivity contribution in [2.45, 2.75) is 18.4 Å². The number of imidazole rings is 1. The van der Waals surface area contributed by atoms with Crippen molar-refractivity contribution in [3.05, 3.63) is 89.7 Å². The summed E-state index contributed by atoms with van der Waals surface area (Å²) in [5.41, 5.74) is 3.65. The highest BCUT2D eigenvalue weighted by Gasteiger charge is 2.28. The number of aromatic nitrogens is 2. The molecule has 166 valence electrons. The van der Waals surface area contributed by atoms with Crippen molar-refractivity contribution >= 4 is 38.5 Å². The minimum Gasteiger partial charge on any atom is -0.350 e.